The summed E-state index contributed by atoms with van der Waals surface area (Å²) in [6.45, 7) is 5.94. The van der Waals surface area contributed by atoms with E-state index in [4.69, 9.17) is 9.47 Å². The van der Waals surface area contributed by atoms with Crippen LogP contribution < -0.4 is 0 Å². The Kier molecular flexibility index (Phi) is 5.25. The molecule has 64 valence electrons. The van der Waals surface area contributed by atoms with Crippen LogP contribution in [0.25, 0.3) is 0 Å². The third kappa shape index (κ3) is 5.45. The van der Waals surface area contributed by atoms with Crippen molar-refractivity contribution in [2.75, 3.05) is 13.2 Å². The smallest absolute Gasteiger partial charge is 0.303 e. The molecule has 0 saturated heterocycles. The average molecular weight is 158 g/mol. The Hall–Kier alpha value is -0.990. The van der Waals surface area contributed by atoms with Crippen LogP contribution in [-0.2, 0) is 14.3 Å². The average Bonchev–Trinajstić information content (AvgIpc) is 1.97. The molecule has 0 rings (SSSR count). The van der Waals surface area contributed by atoms with Crippen molar-refractivity contribution in [3.05, 3.63) is 11.8 Å². The lowest BCUT2D eigenvalue weighted by Gasteiger charge is -2.06. The van der Waals surface area contributed by atoms with Gasteiger partial charge in [-0.05, 0) is 19.9 Å². The van der Waals surface area contributed by atoms with E-state index >= 15 is 0 Å². The largest absolute Gasteiger partial charge is 0.495 e. The number of carbonyl (C=O) groups is 1. The highest BCUT2D eigenvalue weighted by molar-refractivity contribution is 5.66. The van der Waals surface area contributed by atoms with Crippen LogP contribution in [0.5, 0.6) is 0 Å². The standard InChI is InChI=1S/C8H14O3/c1-4-8(10-5-2)6-11-7(3)9/h4H,5-6H2,1-3H3. The Morgan fingerprint density at radius 3 is 2.45 bits per heavy atom. The van der Waals surface area contributed by atoms with Crippen molar-refractivity contribution in [2.24, 2.45) is 0 Å². The Morgan fingerprint density at radius 2 is 2.09 bits per heavy atom. The van der Waals surface area contributed by atoms with Gasteiger partial charge < -0.3 is 9.47 Å². The van der Waals surface area contributed by atoms with Crippen molar-refractivity contribution in [3.63, 3.8) is 0 Å². The first-order valence-electron chi connectivity index (χ1n) is 3.62. The maximum atomic E-state index is 10.4. The summed E-state index contributed by atoms with van der Waals surface area (Å²) in [5, 5.41) is 0. The van der Waals surface area contributed by atoms with Crippen LogP contribution in [0.1, 0.15) is 20.8 Å². The molecule has 0 aromatic rings. The molecule has 0 aromatic carbocycles. The molecule has 0 spiro atoms. The first-order valence-corrected chi connectivity index (χ1v) is 3.62. The normalized spacial score (nSPS) is 11.0. The van der Waals surface area contributed by atoms with Crippen molar-refractivity contribution in [1.82, 2.24) is 0 Å². The third-order valence-corrected chi connectivity index (χ3v) is 1.07. The maximum absolute atomic E-state index is 10.4. The lowest BCUT2D eigenvalue weighted by Crippen LogP contribution is -2.05. The van der Waals surface area contributed by atoms with Gasteiger partial charge >= 0.3 is 5.97 Å². The lowest BCUT2D eigenvalue weighted by molar-refractivity contribution is -0.140. The second kappa shape index (κ2) is 5.77. The summed E-state index contributed by atoms with van der Waals surface area (Å²) >= 11 is 0. The van der Waals surface area contributed by atoms with E-state index in [-0.39, 0.29) is 12.6 Å². The van der Waals surface area contributed by atoms with Crippen molar-refractivity contribution >= 4 is 5.97 Å². The number of allylic oxidation sites excluding steroid dienone is 1. The topological polar surface area (TPSA) is 35.5 Å². The van der Waals surface area contributed by atoms with E-state index in [0.717, 1.165) is 0 Å². The van der Waals surface area contributed by atoms with Crippen molar-refractivity contribution in [3.8, 4) is 0 Å². The van der Waals surface area contributed by atoms with Crippen molar-refractivity contribution in [1.29, 1.82) is 0 Å². The Balaban J connectivity index is 3.62. The predicted molar refractivity (Wildman–Crippen MR) is 42.0 cm³/mol. The van der Waals surface area contributed by atoms with Gasteiger partial charge in [-0.2, -0.15) is 0 Å². The molecule has 11 heavy (non-hydrogen) atoms. The molecule has 3 heteroatoms. The van der Waals surface area contributed by atoms with Crippen LogP contribution in [0, 0.1) is 0 Å². The molecule has 0 unspecified atom stereocenters. The zero-order valence-electron chi connectivity index (χ0n) is 7.22. The van der Waals surface area contributed by atoms with Gasteiger partial charge in [0.2, 0.25) is 0 Å². The minimum absolute atomic E-state index is 0.236. The summed E-state index contributed by atoms with van der Waals surface area (Å²) in [4.78, 5) is 10.4. The maximum Gasteiger partial charge on any atom is 0.303 e. The molecule has 0 fully saturated rings. The molecule has 0 N–H and O–H groups in total. The molecular weight excluding hydrogens is 144 g/mol. The zero-order chi connectivity index (χ0) is 8.69. The summed E-state index contributed by atoms with van der Waals surface area (Å²) < 4.78 is 9.84. The van der Waals surface area contributed by atoms with Gasteiger partial charge in [-0.1, -0.05) is 0 Å². The Labute approximate surface area is 67.0 Å². The van der Waals surface area contributed by atoms with E-state index in [9.17, 15) is 4.79 Å². The lowest BCUT2D eigenvalue weighted by atomic mass is 10.5. The molecule has 0 saturated carbocycles. The van der Waals surface area contributed by atoms with E-state index in [1.54, 1.807) is 6.08 Å². The molecule has 0 radical (unpaired) electrons. The molecule has 0 aliphatic rings. The molecule has 0 aliphatic heterocycles. The fourth-order valence-electron chi connectivity index (χ4n) is 0.566. The fourth-order valence-corrected chi connectivity index (χ4v) is 0.566. The monoisotopic (exact) mass is 158 g/mol. The van der Waals surface area contributed by atoms with Gasteiger partial charge in [0.05, 0.1) is 6.61 Å². The van der Waals surface area contributed by atoms with E-state index in [1.165, 1.54) is 6.92 Å². The summed E-state index contributed by atoms with van der Waals surface area (Å²) in [7, 11) is 0. The molecule has 0 aliphatic carbocycles. The van der Waals surface area contributed by atoms with E-state index in [0.29, 0.717) is 12.4 Å². The Bertz CT molecular complexity index is 149. The molecule has 0 amide bonds. The molecule has 0 aromatic heterocycles. The zero-order valence-corrected chi connectivity index (χ0v) is 7.22. The van der Waals surface area contributed by atoms with Gasteiger partial charge in [-0.25, -0.2) is 0 Å². The highest BCUT2D eigenvalue weighted by Gasteiger charge is 1.97. The van der Waals surface area contributed by atoms with Crippen molar-refractivity contribution < 1.29 is 14.3 Å². The molecular formula is C8H14O3. The Morgan fingerprint density at radius 1 is 1.45 bits per heavy atom. The van der Waals surface area contributed by atoms with Gasteiger partial charge in [0.15, 0.2) is 0 Å². The third-order valence-electron chi connectivity index (χ3n) is 1.07. The number of hydrogen-bond donors (Lipinski definition) is 0. The van der Waals surface area contributed by atoms with E-state index in [1.807, 2.05) is 13.8 Å². The van der Waals surface area contributed by atoms with Gasteiger partial charge in [0, 0.05) is 6.92 Å². The number of esters is 1. The van der Waals surface area contributed by atoms with Gasteiger partial charge in [-0.3, -0.25) is 4.79 Å². The predicted octanol–water partition coefficient (Wildman–Crippen LogP) is 1.49. The van der Waals surface area contributed by atoms with Crippen LogP contribution in [0.4, 0.5) is 0 Å². The van der Waals surface area contributed by atoms with Crippen LogP contribution in [0.3, 0.4) is 0 Å². The summed E-state index contributed by atoms with van der Waals surface area (Å²) in [5.74, 6) is 0.409. The van der Waals surface area contributed by atoms with Gasteiger partial charge in [0.1, 0.15) is 12.4 Å². The van der Waals surface area contributed by atoms with Crippen molar-refractivity contribution in [2.45, 2.75) is 20.8 Å². The van der Waals surface area contributed by atoms with Crippen LogP contribution in [0.2, 0.25) is 0 Å². The summed E-state index contributed by atoms with van der Waals surface area (Å²) in [6.07, 6.45) is 1.78. The number of hydrogen-bond acceptors (Lipinski definition) is 3. The molecule has 0 atom stereocenters. The molecule has 0 bridgehead atoms. The molecule has 0 heterocycles. The van der Waals surface area contributed by atoms with Crippen LogP contribution in [0.15, 0.2) is 11.8 Å². The SMILES string of the molecule is CC=C(COC(C)=O)OCC. The summed E-state index contributed by atoms with van der Waals surface area (Å²) in [6, 6.07) is 0. The van der Waals surface area contributed by atoms with Gasteiger partial charge in [-0.15, -0.1) is 0 Å². The highest BCUT2D eigenvalue weighted by atomic mass is 16.6. The number of rotatable bonds is 4. The van der Waals surface area contributed by atoms with Gasteiger partial charge in [0.25, 0.3) is 0 Å². The first-order chi connectivity index (χ1) is 5.20. The quantitative estimate of drug-likeness (QED) is 0.459. The second-order valence-electron chi connectivity index (χ2n) is 1.97. The number of ether oxygens (including phenoxy) is 2. The van der Waals surface area contributed by atoms with Crippen LogP contribution >= 0.6 is 0 Å². The van der Waals surface area contributed by atoms with Crippen LogP contribution in [-0.4, -0.2) is 19.2 Å². The highest BCUT2D eigenvalue weighted by Crippen LogP contribution is 1.97. The summed E-state index contributed by atoms with van der Waals surface area (Å²) in [5.41, 5.74) is 0. The molecule has 3 nitrogen and oxygen atoms in total. The number of carbonyl (C=O) groups excluding carboxylic acids is 1. The minimum Gasteiger partial charge on any atom is -0.495 e. The van der Waals surface area contributed by atoms with E-state index in [2.05, 4.69) is 0 Å². The van der Waals surface area contributed by atoms with E-state index < -0.39 is 0 Å². The first kappa shape index (κ1) is 10.0. The fraction of sp³-hybridized carbons (Fsp3) is 0.625. The minimum atomic E-state index is -0.288. The second-order valence-corrected chi connectivity index (χ2v) is 1.97.